The second kappa shape index (κ2) is 6.38. The molecule has 1 aromatic heterocycles. The van der Waals surface area contributed by atoms with E-state index < -0.39 is 0 Å². The van der Waals surface area contributed by atoms with Crippen LogP contribution < -0.4 is 10.6 Å². The minimum absolute atomic E-state index is 0.00416. The molecule has 0 unspecified atom stereocenters. The zero-order valence-electron chi connectivity index (χ0n) is 11.8. The van der Waals surface area contributed by atoms with Crippen LogP contribution in [0.4, 0.5) is 5.82 Å². The fraction of sp³-hybridized carbons (Fsp3) is 0.533. The van der Waals surface area contributed by atoms with Gasteiger partial charge in [0.05, 0.1) is 0 Å². The van der Waals surface area contributed by atoms with E-state index >= 15 is 0 Å². The van der Waals surface area contributed by atoms with Crippen LogP contribution in [0.2, 0.25) is 0 Å². The maximum Gasteiger partial charge on any atom is 0.220 e. The van der Waals surface area contributed by atoms with Crippen molar-refractivity contribution in [2.75, 3.05) is 24.5 Å². The van der Waals surface area contributed by atoms with E-state index in [1.54, 1.807) is 0 Å². The number of hydrogen-bond acceptors (Lipinski definition) is 3. The normalized spacial score (nSPS) is 15.9. The molecule has 2 heterocycles. The maximum atomic E-state index is 11.2. The van der Waals surface area contributed by atoms with Gasteiger partial charge < -0.3 is 15.5 Å². The van der Waals surface area contributed by atoms with E-state index in [4.69, 9.17) is 12.3 Å². The minimum atomic E-state index is -0.191. The molecular formula is C15H20N4O. The number of hydrogen-bond donors (Lipinski definition) is 1. The summed E-state index contributed by atoms with van der Waals surface area (Å²) in [6.07, 6.45) is 4.21. The van der Waals surface area contributed by atoms with E-state index in [0.717, 1.165) is 49.3 Å². The summed E-state index contributed by atoms with van der Waals surface area (Å²) in [4.78, 5) is 21.3. The molecule has 5 nitrogen and oxygen atoms in total. The molecule has 0 saturated carbocycles. The number of nitrogens with zero attached hydrogens (tertiary/aromatic N) is 3. The molecule has 2 rings (SSSR count). The van der Waals surface area contributed by atoms with Crippen molar-refractivity contribution >= 4 is 11.7 Å². The number of amides is 1. The Morgan fingerprint density at radius 2 is 2.25 bits per heavy atom. The Bertz CT molecular complexity index is 527. The largest absolute Gasteiger partial charge is 0.369 e. The van der Waals surface area contributed by atoms with Crippen molar-refractivity contribution in [1.29, 1.82) is 0 Å². The lowest BCUT2D eigenvalue weighted by Gasteiger charge is -2.32. The first-order valence-corrected chi connectivity index (χ1v) is 6.95. The number of piperidine rings is 1. The maximum absolute atomic E-state index is 11.2. The van der Waals surface area contributed by atoms with Crippen LogP contribution in [0.3, 0.4) is 0 Å². The average Bonchev–Trinajstić information content (AvgIpc) is 2.45. The van der Waals surface area contributed by atoms with Gasteiger partial charge in [0.25, 0.3) is 0 Å². The van der Waals surface area contributed by atoms with Crippen molar-refractivity contribution in [3.05, 3.63) is 34.8 Å². The molecule has 1 aromatic rings. The van der Waals surface area contributed by atoms with Gasteiger partial charge in [-0.3, -0.25) is 4.79 Å². The molecule has 106 valence electrons. The quantitative estimate of drug-likeness (QED) is 0.846. The van der Waals surface area contributed by atoms with Crippen LogP contribution in [-0.4, -0.2) is 30.5 Å². The fourth-order valence-electron chi connectivity index (χ4n) is 2.65. The molecule has 1 fully saturated rings. The van der Waals surface area contributed by atoms with Gasteiger partial charge in [-0.15, -0.1) is 0 Å². The molecule has 1 saturated heterocycles. The third-order valence-corrected chi connectivity index (χ3v) is 3.82. The highest BCUT2D eigenvalue weighted by molar-refractivity contribution is 5.77. The van der Waals surface area contributed by atoms with Crippen LogP contribution in [0.1, 0.15) is 24.0 Å². The van der Waals surface area contributed by atoms with Gasteiger partial charge >= 0.3 is 0 Å². The number of anilines is 1. The van der Waals surface area contributed by atoms with E-state index in [1.165, 1.54) is 0 Å². The van der Waals surface area contributed by atoms with Crippen molar-refractivity contribution < 1.29 is 4.79 Å². The molecule has 20 heavy (non-hydrogen) atoms. The second-order valence-corrected chi connectivity index (χ2v) is 5.28. The van der Waals surface area contributed by atoms with Crippen molar-refractivity contribution in [1.82, 2.24) is 4.98 Å². The van der Waals surface area contributed by atoms with Gasteiger partial charge in [-0.05, 0) is 30.9 Å². The summed E-state index contributed by atoms with van der Waals surface area (Å²) < 4.78 is 0. The van der Waals surface area contributed by atoms with Crippen LogP contribution in [0, 0.1) is 19.4 Å². The van der Waals surface area contributed by atoms with E-state index in [2.05, 4.69) is 20.8 Å². The Hall–Kier alpha value is -2.09. The predicted octanol–water partition coefficient (Wildman–Crippen LogP) is 1.55. The number of carbonyl (C=O) groups is 1. The minimum Gasteiger partial charge on any atom is -0.369 e. The van der Waals surface area contributed by atoms with E-state index in [9.17, 15) is 4.79 Å². The zero-order valence-corrected chi connectivity index (χ0v) is 11.8. The van der Waals surface area contributed by atoms with Crippen molar-refractivity contribution in [3.8, 4) is 0 Å². The number of aryl methyl sites for hydroxylation is 1. The Morgan fingerprint density at radius 3 is 2.80 bits per heavy atom. The summed E-state index contributed by atoms with van der Waals surface area (Å²) in [6.45, 7) is 11.0. The van der Waals surface area contributed by atoms with Gasteiger partial charge in [0.1, 0.15) is 5.82 Å². The number of primary amides is 1. The number of rotatable bonds is 4. The Morgan fingerprint density at radius 1 is 1.55 bits per heavy atom. The Balaban J connectivity index is 2.03. The summed E-state index contributed by atoms with van der Waals surface area (Å²) in [5, 5.41) is 0. The Kier molecular flexibility index (Phi) is 4.57. The Labute approximate surface area is 119 Å². The summed E-state index contributed by atoms with van der Waals surface area (Å²) in [6, 6.07) is 2.10. The number of pyridine rings is 1. The molecule has 0 radical (unpaired) electrons. The third-order valence-electron chi connectivity index (χ3n) is 3.82. The lowest BCUT2D eigenvalue weighted by Crippen LogP contribution is -2.39. The van der Waals surface area contributed by atoms with Crippen LogP contribution in [0.5, 0.6) is 0 Å². The highest BCUT2D eigenvalue weighted by Gasteiger charge is 2.24. The van der Waals surface area contributed by atoms with Gasteiger partial charge in [0, 0.05) is 31.6 Å². The van der Waals surface area contributed by atoms with Crippen LogP contribution in [0.25, 0.3) is 4.85 Å². The van der Waals surface area contributed by atoms with Crippen molar-refractivity contribution in [2.45, 2.75) is 26.2 Å². The average molecular weight is 272 g/mol. The topological polar surface area (TPSA) is 63.6 Å². The lowest BCUT2D eigenvalue weighted by molar-refractivity contribution is -0.122. The summed E-state index contributed by atoms with van der Waals surface area (Å²) in [7, 11) is 0. The van der Waals surface area contributed by atoms with Gasteiger partial charge in [-0.1, -0.05) is 6.07 Å². The SMILES string of the molecule is [C-]#[N+]CCc1cnc(N2CCC(C(N)=O)CC2)c(C)c1. The zero-order chi connectivity index (χ0) is 14.5. The van der Waals surface area contributed by atoms with E-state index in [1.807, 2.05) is 13.1 Å². The van der Waals surface area contributed by atoms with Gasteiger partial charge in [0.15, 0.2) is 0 Å². The van der Waals surface area contributed by atoms with E-state index in [0.29, 0.717) is 6.54 Å². The van der Waals surface area contributed by atoms with Gasteiger partial charge in [-0.25, -0.2) is 11.6 Å². The molecule has 2 N–H and O–H groups in total. The summed E-state index contributed by atoms with van der Waals surface area (Å²) in [5.74, 6) is 0.799. The highest BCUT2D eigenvalue weighted by Crippen LogP contribution is 2.24. The van der Waals surface area contributed by atoms with Crippen molar-refractivity contribution in [2.24, 2.45) is 11.7 Å². The van der Waals surface area contributed by atoms with Gasteiger partial charge in [-0.2, -0.15) is 0 Å². The van der Waals surface area contributed by atoms with Crippen LogP contribution >= 0.6 is 0 Å². The summed E-state index contributed by atoms with van der Waals surface area (Å²) >= 11 is 0. The monoisotopic (exact) mass is 272 g/mol. The molecule has 0 bridgehead atoms. The molecular weight excluding hydrogens is 252 g/mol. The first-order valence-electron chi connectivity index (χ1n) is 6.95. The fourth-order valence-corrected chi connectivity index (χ4v) is 2.65. The first kappa shape index (κ1) is 14.3. The van der Waals surface area contributed by atoms with Crippen molar-refractivity contribution in [3.63, 3.8) is 0 Å². The predicted molar refractivity (Wildman–Crippen MR) is 78.3 cm³/mol. The molecule has 1 aliphatic heterocycles. The molecule has 0 spiro atoms. The second-order valence-electron chi connectivity index (χ2n) is 5.28. The lowest BCUT2D eigenvalue weighted by atomic mass is 9.96. The van der Waals surface area contributed by atoms with Crippen LogP contribution in [-0.2, 0) is 11.2 Å². The number of nitrogens with two attached hydrogens (primary N) is 1. The van der Waals surface area contributed by atoms with Gasteiger partial charge in [0.2, 0.25) is 12.5 Å². The van der Waals surface area contributed by atoms with Crippen LogP contribution in [0.15, 0.2) is 12.3 Å². The summed E-state index contributed by atoms with van der Waals surface area (Å²) in [5.41, 5.74) is 7.59. The first-order chi connectivity index (χ1) is 9.61. The highest BCUT2D eigenvalue weighted by atomic mass is 16.1. The number of aromatic nitrogens is 1. The molecule has 0 atom stereocenters. The molecule has 0 aliphatic carbocycles. The molecule has 1 aliphatic rings. The third kappa shape index (κ3) is 3.27. The molecule has 0 aromatic carbocycles. The molecule has 1 amide bonds. The standard InChI is InChI=1S/C15H20N4O/c1-11-9-12(3-6-17-2)10-18-15(11)19-7-4-13(5-8-19)14(16)20/h9-10,13H,3-8H2,1H3,(H2,16,20). The molecule has 5 heteroatoms. The smallest absolute Gasteiger partial charge is 0.220 e. The van der Waals surface area contributed by atoms with E-state index in [-0.39, 0.29) is 11.8 Å². The number of carbonyl (C=O) groups excluding carboxylic acids is 1.